The van der Waals surface area contributed by atoms with Gasteiger partial charge in [-0.15, -0.1) is 0 Å². The van der Waals surface area contributed by atoms with E-state index in [4.69, 9.17) is 17.3 Å². The number of allylic oxidation sites excluding steroid dienone is 4. The molecule has 2 amide bonds. The number of amides is 2. The molecule has 0 bridgehead atoms. The molecule has 0 radical (unpaired) electrons. The van der Waals surface area contributed by atoms with Crippen molar-refractivity contribution >= 4 is 61.9 Å². The quantitative estimate of drug-likeness (QED) is 0.163. The lowest BCUT2D eigenvalue weighted by Gasteiger charge is -2.33. The van der Waals surface area contributed by atoms with Gasteiger partial charge in [-0.05, 0) is 86.1 Å². The third-order valence-corrected chi connectivity index (χ3v) is 10.4. The molecular weight excluding hydrogens is 682 g/mol. The first-order valence-electron chi connectivity index (χ1n) is 15.5. The highest BCUT2D eigenvalue weighted by molar-refractivity contribution is 9.10. The predicted molar refractivity (Wildman–Crippen MR) is 185 cm³/mol. The van der Waals surface area contributed by atoms with Gasteiger partial charge in [-0.2, -0.15) is 0 Å². The van der Waals surface area contributed by atoms with E-state index in [1.54, 1.807) is 43.9 Å². The fraction of sp³-hybridized carbons (Fsp3) is 0.389. The molecule has 2 aliphatic carbocycles. The third kappa shape index (κ3) is 6.97. The maximum atomic E-state index is 14.1. The molecular formula is C36H37BrClN5O4. The van der Waals surface area contributed by atoms with Gasteiger partial charge < -0.3 is 15.2 Å². The number of nitrogens with two attached hydrogens (primary N) is 1. The molecule has 1 saturated carbocycles. The van der Waals surface area contributed by atoms with E-state index in [0.717, 1.165) is 30.3 Å². The molecule has 0 aliphatic heterocycles. The lowest BCUT2D eigenvalue weighted by molar-refractivity contribution is -0.133. The Hall–Kier alpha value is -4.07. The zero-order valence-electron chi connectivity index (χ0n) is 27.1. The summed E-state index contributed by atoms with van der Waals surface area (Å²) in [5.74, 6) is 5.32. The molecule has 2 aromatic heterocycles. The minimum absolute atomic E-state index is 0.0324. The van der Waals surface area contributed by atoms with Crippen molar-refractivity contribution in [1.82, 2.24) is 19.4 Å². The second kappa shape index (κ2) is 13.6. The maximum Gasteiger partial charge on any atom is 0.249 e. The van der Waals surface area contributed by atoms with E-state index in [-0.39, 0.29) is 42.4 Å². The number of primary amides is 1. The van der Waals surface area contributed by atoms with Crippen LogP contribution in [0.4, 0.5) is 0 Å². The van der Waals surface area contributed by atoms with E-state index in [0.29, 0.717) is 49.6 Å². The number of carbonyl (C=O) groups is 4. The zero-order valence-corrected chi connectivity index (χ0v) is 29.5. The van der Waals surface area contributed by atoms with Crippen LogP contribution in [0.5, 0.6) is 0 Å². The Bertz CT molecular complexity index is 1950. The molecule has 3 aromatic rings. The van der Waals surface area contributed by atoms with Crippen LogP contribution in [0.2, 0.25) is 5.15 Å². The van der Waals surface area contributed by atoms with Crippen LogP contribution in [0.3, 0.4) is 0 Å². The normalized spacial score (nSPS) is 18.5. The highest BCUT2D eigenvalue weighted by atomic mass is 79.9. The van der Waals surface area contributed by atoms with Gasteiger partial charge in [0.05, 0.1) is 17.5 Å². The number of fused-ring (bicyclic) bond motifs is 1. The summed E-state index contributed by atoms with van der Waals surface area (Å²) in [4.78, 5) is 62.6. The first-order chi connectivity index (χ1) is 22.2. The molecule has 2 N–H and O–H groups in total. The lowest BCUT2D eigenvalue weighted by Crippen LogP contribution is -2.40. The largest absolute Gasteiger partial charge is 0.366 e. The lowest BCUT2D eigenvalue weighted by atomic mass is 9.71. The van der Waals surface area contributed by atoms with Gasteiger partial charge in [0.1, 0.15) is 17.1 Å². The average Bonchev–Trinajstić information content (AvgIpc) is 3.66. The molecule has 1 fully saturated rings. The van der Waals surface area contributed by atoms with E-state index >= 15 is 0 Å². The molecule has 47 heavy (non-hydrogen) atoms. The van der Waals surface area contributed by atoms with E-state index < -0.39 is 11.3 Å². The smallest absolute Gasteiger partial charge is 0.249 e. The van der Waals surface area contributed by atoms with Gasteiger partial charge in [0, 0.05) is 62.9 Å². The minimum Gasteiger partial charge on any atom is -0.366 e. The SMILES string of the molecule is CC1=C(C)C(=O)C(C(C)(C)CC(=O)N(CC#Cc2ccc(Br)c(C(N)=O)c2)C[C@@H]2CC[C@H](n3ccc4c(Cl)ncnc43)C2)=C(C)C1=O. The van der Waals surface area contributed by atoms with Crippen LogP contribution in [0, 0.1) is 23.2 Å². The number of hydrogen-bond donors (Lipinski definition) is 1. The summed E-state index contributed by atoms with van der Waals surface area (Å²) >= 11 is 9.63. The second-order valence-electron chi connectivity index (χ2n) is 13.1. The highest BCUT2D eigenvalue weighted by Gasteiger charge is 2.39. The van der Waals surface area contributed by atoms with Crippen LogP contribution in [0.25, 0.3) is 11.0 Å². The van der Waals surface area contributed by atoms with Crippen molar-refractivity contribution in [2.45, 2.75) is 66.3 Å². The van der Waals surface area contributed by atoms with Crippen molar-refractivity contribution in [2.75, 3.05) is 13.1 Å². The molecule has 11 heteroatoms. The Labute approximate surface area is 287 Å². The van der Waals surface area contributed by atoms with Gasteiger partial charge in [-0.1, -0.05) is 37.3 Å². The van der Waals surface area contributed by atoms with Crippen LogP contribution in [0.1, 0.15) is 82.3 Å². The standard InChI is InChI=1S/C36H37BrClN5O4/c1-20-21(2)32(46)30(22(3)31(20)45)36(4,5)17-29(44)42(13-6-7-23-9-11-28(37)27(16-23)34(39)47)18-24-8-10-25(15-24)43-14-12-26-33(38)40-19-41-35(26)43/h9,11-12,14,16,19,24-25H,8,10,13,15,17-18H2,1-5H3,(H2,39,47)/t24-,25+/m1/s1. The van der Waals surface area contributed by atoms with Gasteiger partial charge in [-0.3, -0.25) is 19.2 Å². The number of nitrogens with zero attached hydrogens (tertiary/aromatic N) is 4. The van der Waals surface area contributed by atoms with Crippen molar-refractivity contribution in [3.8, 4) is 11.8 Å². The monoisotopic (exact) mass is 717 g/mol. The molecule has 0 unspecified atom stereocenters. The van der Waals surface area contributed by atoms with Crippen molar-refractivity contribution < 1.29 is 19.2 Å². The van der Waals surface area contributed by atoms with Crippen molar-refractivity contribution in [2.24, 2.45) is 17.1 Å². The van der Waals surface area contributed by atoms with Crippen LogP contribution < -0.4 is 5.73 Å². The molecule has 2 heterocycles. The predicted octanol–water partition coefficient (Wildman–Crippen LogP) is 6.39. The number of rotatable bonds is 8. The fourth-order valence-electron chi connectivity index (χ4n) is 6.78. The second-order valence-corrected chi connectivity index (χ2v) is 14.3. The van der Waals surface area contributed by atoms with E-state index in [1.165, 1.54) is 6.33 Å². The summed E-state index contributed by atoms with van der Waals surface area (Å²) in [5.41, 5.74) is 7.98. The first kappa shape index (κ1) is 34.3. The van der Waals surface area contributed by atoms with Crippen LogP contribution in [-0.4, -0.2) is 55.9 Å². The van der Waals surface area contributed by atoms with Gasteiger partial charge in [-0.25, -0.2) is 9.97 Å². The molecule has 2 atom stereocenters. The number of benzene rings is 1. The topological polar surface area (TPSA) is 128 Å². The number of aromatic nitrogens is 3. The van der Waals surface area contributed by atoms with Gasteiger partial charge >= 0.3 is 0 Å². The fourth-order valence-corrected chi connectivity index (χ4v) is 7.42. The number of halogens is 2. The van der Waals surface area contributed by atoms with E-state index in [1.807, 2.05) is 26.1 Å². The summed E-state index contributed by atoms with van der Waals surface area (Å²) in [6, 6.07) is 7.22. The van der Waals surface area contributed by atoms with Crippen LogP contribution >= 0.6 is 27.5 Å². The Morgan fingerprint density at radius 3 is 2.53 bits per heavy atom. The molecule has 2 aliphatic rings. The number of carbonyl (C=O) groups excluding carboxylic acids is 4. The summed E-state index contributed by atoms with van der Waals surface area (Å²) in [6.07, 6.45) is 6.14. The highest BCUT2D eigenvalue weighted by Crippen LogP contribution is 2.40. The Kier molecular flexibility index (Phi) is 9.90. The molecule has 0 spiro atoms. The molecule has 0 saturated heterocycles. The Morgan fingerprint density at radius 1 is 1.09 bits per heavy atom. The molecule has 9 nitrogen and oxygen atoms in total. The molecule has 1 aromatic carbocycles. The van der Waals surface area contributed by atoms with E-state index in [9.17, 15) is 19.2 Å². The summed E-state index contributed by atoms with van der Waals surface area (Å²) in [5, 5.41) is 1.22. The zero-order chi connectivity index (χ0) is 34.2. The summed E-state index contributed by atoms with van der Waals surface area (Å²) in [6.45, 7) is 9.31. The third-order valence-electron chi connectivity index (χ3n) is 9.39. The summed E-state index contributed by atoms with van der Waals surface area (Å²) < 4.78 is 2.72. The molecule has 5 rings (SSSR count). The van der Waals surface area contributed by atoms with Crippen molar-refractivity contribution in [3.05, 3.63) is 79.8 Å². The maximum absolute atomic E-state index is 14.1. The number of hydrogen-bond acceptors (Lipinski definition) is 6. The van der Waals surface area contributed by atoms with Crippen molar-refractivity contribution in [1.29, 1.82) is 0 Å². The average molecular weight is 719 g/mol. The minimum atomic E-state index is -0.884. The van der Waals surface area contributed by atoms with Crippen molar-refractivity contribution in [3.63, 3.8) is 0 Å². The Morgan fingerprint density at radius 2 is 1.81 bits per heavy atom. The van der Waals surface area contributed by atoms with E-state index in [2.05, 4.69) is 42.3 Å². The van der Waals surface area contributed by atoms with Gasteiger partial charge in [0.15, 0.2) is 11.6 Å². The van der Waals surface area contributed by atoms with Gasteiger partial charge in [0.25, 0.3) is 0 Å². The summed E-state index contributed by atoms with van der Waals surface area (Å²) in [7, 11) is 0. The Balaban J connectivity index is 1.39. The first-order valence-corrected chi connectivity index (χ1v) is 16.7. The van der Waals surface area contributed by atoms with Crippen LogP contribution in [-0.2, 0) is 14.4 Å². The molecule has 244 valence electrons. The number of ketones is 2. The number of Topliss-reactive ketones (excluding diaryl/α,β-unsaturated/α-hetero) is 2. The van der Waals surface area contributed by atoms with Gasteiger partial charge in [0.2, 0.25) is 11.8 Å². The van der Waals surface area contributed by atoms with Crippen LogP contribution in [0.15, 0.2) is 63.6 Å².